The minimum Gasteiger partial charge on any atom is -0.304 e. The minimum atomic E-state index is -3.54. The van der Waals surface area contributed by atoms with Crippen LogP contribution in [-0.2, 0) is 10.0 Å². The van der Waals surface area contributed by atoms with E-state index in [4.69, 9.17) is 0 Å². The molecule has 0 amide bonds. The van der Waals surface area contributed by atoms with E-state index >= 15 is 0 Å². The van der Waals surface area contributed by atoms with Crippen molar-refractivity contribution in [3.05, 3.63) is 65.2 Å². The van der Waals surface area contributed by atoms with Crippen LogP contribution in [0, 0.1) is 13.8 Å². The maximum atomic E-state index is 12.8. The molecule has 1 heterocycles. The van der Waals surface area contributed by atoms with Gasteiger partial charge in [0.2, 0.25) is 10.0 Å². The molecule has 0 aliphatic carbocycles. The molecule has 1 fully saturated rings. The quantitative estimate of drug-likeness (QED) is 0.828. The summed E-state index contributed by atoms with van der Waals surface area (Å²) in [6.45, 7) is 8.10. The van der Waals surface area contributed by atoms with E-state index in [-0.39, 0.29) is 6.04 Å². The highest BCUT2D eigenvalue weighted by molar-refractivity contribution is 7.89. The molecule has 1 unspecified atom stereocenters. The summed E-state index contributed by atoms with van der Waals surface area (Å²) < 4.78 is 28.5. The van der Waals surface area contributed by atoms with Gasteiger partial charge in [-0.1, -0.05) is 48.0 Å². The lowest BCUT2D eigenvalue weighted by molar-refractivity contribution is 0.113. The topological polar surface area (TPSA) is 52.7 Å². The molecule has 0 radical (unpaired) electrons. The fraction of sp³-hybridized carbons (Fsp3) is 0.429. The summed E-state index contributed by atoms with van der Waals surface area (Å²) in [5.74, 6) is 0. The van der Waals surface area contributed by atoms with Crippen molar-refractivity contribution in [3.63, 3.8) is 0 Å². The average Bonchev–Trinajstić information content (AvgIpc) is 2.65. The number of nitrogens with one attached hydrogen (secondary N) is 1. The third-order valence-electron chi connectivity index (χ3n) is 5.29. The lowest BCUT2D eigenvalue weighted by atomic mass is 10.0. The number of hydrogen-bond acceptors (Lipinski definition) is 4. The number of sulfonamides is 1. The predicted molar refractivity (Wildman–Crippen MR) is 109 cm³/mol. The van der Waals surface area contributed by atoms with Crippen LogP contribution in [0.15, 0.2) is 53.4 Å². The van der Waals surface area contributed by atoms with Crippen molar-refractivity contribution in [1.29, 1.82) is 0 Å². The highest BCUT2D eigenvalue weighted by atomic mass is 32.2. The summed E-state index contributed by atoms with van der Waals surface area (Å²) >= 11 is 0. The Kier molecular flexibility index (Phi) is 6.32. The fourth-order valence-corrected chi connectivity index (χ4v) is 4.79. The zero-order valence-corrected chi connectivity index (χ0v) is 17.2. The normalized spacial score (nSPS) is 17.7. The molecule has 2 aromatic carbocycles. The van der Waals surface area contributed by atoms with Crippen molar-refractivity contribution < 1.29 is 8.42 Å². The molecule has 27 heavy (non-hydrogen) atoms. The van der Waals surface area contributed by atoms with Gasteiger partial charge in [0.1, 0.15) is 0 Å². The summed E-state index contributed by atoms with van der Waals surface area (Å²) in [7, 11) is -1.41. The van der Waals surface area contributed by atoms with E-state index in [0.29, 0.717) is 11.4 Å². The summed E-state index contributed by atoms with van der Waals surface area (Å²) in [6.07, 6.45) is 0. The van der Waals surface area contributed by atoms with Crippen LogP contribution < -0.4 is 4.72 Å². The molecule has 0 spiro atoms. The van der Waals surface area contributed by atoms with Gasteiger partial charge in [0.25, 0.3) is 0 Å². The first kappa shape index (κ1) is 20.0. The van der Waals surface area contributed by atoms with E-state index in [1.807, 2.05) is 19.1 Å². The van der Waals surface area contributed by atoms with E-state index in [0.717, 1.165) is 37.3 Å². The molecular formula is C21H29N3O2S. The van der Waals surface area contributed by atoms with Gasteiger partial charge in [0, 0.05) is 38.8 Å². The molecule has 5 nitrogen and oxygen atoms in total. The van der Waals surface area contributed by atoms with Crippen LogP contribution in [0.25, 0.3) is 0 Å². The molecule has 3 rings (SSSR count). The Balaban J connectivity index is 1.81. The second kappa shape index (κ2) is 8.52. The summed E-state index contributed by atoms with van der Waals surface area (Å²) in [4.78, 5) is 5.04. The van der Waals surface area contributed by atoms with Gasteiger partial charge in [-0.3, -0.25) is 4.90 Å². The van der Waals surface area contributed by atoms with Crippen molar-refractivity contribution in [3.8, 4) is 0 Å². The number of piperazine rings is 1. The fourth-order valence-electron chi connectivity index (χ4n) is 3.50. The molecule has 1 aliphatic heterocycles. The van der Waals surface area contributed by atoms with Crippen molar-refractivity contribution in [1.82, 2.24) is 14.5 Å². The Morgan fingerprint density at radius 3 is 2.22 bits per heavy atom. The molecule has 0 saturated carbocycles. The van der Waals surface area contributed by atoms with Crippen molar-refractivity contribution in [2.75, 3.05) is 39.8 Å². The Hall–Kier alpha value is -1.73. The molecule has 1 atom stereocenters. The molecular weight excluding hydrogens is 358 g/mol. The second-order valence-corrected chi connectivity index (χ2v) is 9.12. The standard InChI is InChI=1S/C21H29N3O2S/c1-17-8-10-19(11-9-17)20(24-14-12-23(3)13-15-24)16-22-27(25,26)21-7-5-4-6-18(21)2/h4-11,20,22H,12-16H2,1-3H3. The van der Waals surface area contributed by atoms with Crippen molar-refractivity contribution >= 4 is 10.0 Å². The Morgan fingerprint density at radius 1 is 0.963 bits per heavy atom. The highest BCUT2D eigenvalue weighted by Crippen LogP contribution is 2.23. The maximum Gasteiger partial charge on any atom is 0.240 e. The van der Waals surface area contributed by atoms with Crippen LogP contribution in [0.1, 0.15) is 22.7 Å². The van der Waals surface area contributed by atoms with Gasteiger partial charge in [0.05, 0.1) is 4.90 Å². The lowest BCUT2D eigenvalue weighted by Crippen LogP contribution is -2.48. The molecule has 0 aromatic heterocycles. The van der Waals surface area contributed by atoms with Gasteiger partial charge in [-0.15, -0.1) is 0 Å². The predicted octanol–water partition coefficient (Wildman–Crippen LogP) is 2.57. The second-order valence-electron chi connectivity index (χ2n) is 7.38. The third kappa shape index (κ3) is 4.96. The third-order valence-corrected chi connectivity index (χ3v) is 6.87. The minimum absolute atomic E-state index is 0.0260. The molecule has 1 N–H and O–H groups in total. The number of likely N-dealkylation sites (N-methyl/N-ethyl adjacent to an activating group) is 1. The average molecular weight is 388 g/mol. The number of aryl methyl sites for hydroxylation is 2. The maximum absolute atomic E-state index is 12.8. The largest absolute Gasteiger partial charge is 0.304 e. The van der Waals surface area contributed by atoms with E-state index in [2.05, 4.69) is 52.8 Å². The molecule has 146 valence electrons. The zero-order valence-electron chi connectivity index (χ0n) is 16.4. The number of nitrogens with zero attached hydrogens (tertiary/aromatic N) is 2. The van der Waals surface area contributed by atoms with Gasteiger partial charge in [-0.25, -0.2) is 13.1 Å². The number of benzene rings is 2. The van der Waals surface area contributed by atoms with Gasteiger partial charge < -0.3 is 4.90 Å². The van der Waals surface area contributed by atoms with Gasteiger partial charge >= 0.3 is 0 Å². The molecule has 6 heteroatoms. The van der Waals surface area contributed by atoms with Gasteiger partial charge in [-0.05, 0) is 38.1 Å². The van der Waals surface area contributed by atoms with E-state index < -0.39 is 10.0 Å². The van der Waals surface area contributed by atoms with Crippen molar-refractivity contribution in [2.45, 2.75) is 24.8 Å². The lowest BCUT2D eigenvalue weighted by Gasteiger charge is -2.38. The van der Waals surface area contributed by atoms with Crippen LogP contribution in [0.4, 0.5) is 0 Å². The van der Waals surface area contributed by atoms with Crippen LogP contribution in [0.3, 0.4) is 0 Å². The zero-order chi connectivity index (χ0) is 19.4. The first-order chi connectivity index (χ1) is 12.9. The van der Waals surface area contributed by atoms with E-state index in [9.17, 15) is 8.42 Å². The number of rotatable bonds is 6. The first-order valence-electron chi connectivity index (χ1n) is 9.41. The van der Waals surface area contributed by atoms with Crippen LogP contribution in [0.5, 0.6) is 0 Å². The molecule has 1 saturated heterocycles. The van der Waals surface area contributed by atoms with Crippen LogP contribution in [0.2, 0.25) is 0 Å². The summed E-state index contributed by atoms with van der Waals surface area (Å²) in [5, 5.41) is 0. The molecule has 0 bridgehead atoms. The van der Waals surface area contributed by atoms with Crippen LogP contribution in [-0.4, -0.2) is 58.0 Å². The summed E-state index contributed by atoms with van der Waals surface area (Å²) in [5.41, 5.74) is 3.12. The Labute approximate surface area is 163 Å². The number of hydrogen-bond donors (Lipinski definition) is 1. The molecule has 2 aromatic rings. The first-order valence-corrected chi connectivity index (χ1v) is 10.9. The monoisotopic (exact) mass is 387 g/mol. The van der Waals surface area contributed by atoms with Crippen molar-refractivity contribution in [2.24, 2.45) is 0 Å². The van der Waals surface area contributed by atoms with Crippen LogP contribution >= 0.6 is 0 Å². The van der Waals surface area contributed by atoms with Gasteiger partial charge in [0.15, 0.2) is 0 Å². The smallest absolute Gasteiger partial charge is 0.240 e. The van der Waals surface area contributed by atoms with Gasteiger partial charge in [-0.2, -0.15) is 0 Å². The SMILES string of the molecule is Cc1ccc(C(CNS(=O)(=O)c2ccccc2C)N2CCN(C)CC2)cc1. The Bertz CT molecular complexity index is 857. The Morgan fingerprint density at radius 2 is 1.59 bits per heavy atom. The van der Waals surface area contributed by atoms with E-state index in [1.165, 1.54) is 5.56 Å². The molecule has 1 aliphatic rings. The summed E-state index contributed by atoms with van der Waals surface area (Å²) in [6, 6.07) is 15.5. The van der Waals surface area contributed by atoms with E-state index in [1.54, 1.807) is 12.1 Å². The highest BCUT2D eigenvalue weighted by Gasteiger charge is 2.26.